The number of hydrogen-bond acceptors (Lipinski definition) is 4. The molecule has 2 aromatic carbocycles. The maximum absolute atomic E-state index is 12.0. The molecule has 0 saturated carbocycles. The molecule has 0 fully saturated rings. The smallest absolute Gasteiger partial charge is 0.348 e. The van der Waals surface area contributed by atoms with E-state index in [4.69, 9.17) is 26.8 Å². The van der Waals surface area contributed by atoms with Gasteiger partial charge in [-0.15, -0.1) is 0 Å². The standard InChI is InChI=1S/C18H18ClNO3/c1-10-3-5-11(6-4-10)15-13-9-12(19)7-8-14(13)23-17(16(15)20)18(21)22-2/h3-9,15-17H,20H2,1-2H3/t15-,16+,17-/m0/s1. The van der Waals surface area contributed by atoms with Crippen molar-refractivity contribution < 1.29 is 14.3 Å². The molecule has 3 rings (SSSR count). The fourth-order valence-corrected chi connectivity index (χ4v) is 3.14. The van der Waals surface area contributed by atoms with E-state index in [0.29, 0.717) is 10.8 Å². The molecule has 0 amide bonds. The molecule has 23 heavy (non-hydrogen) atoms. The van der Waals surface area contributed by atoms with Crippen LogP contribution in [0.4, 0.5) is 0 Å². The van der Waals surface area contributed by atoms with Crippen LogP contribution in [0.1, 0.15) is 22.6 Å². The van der Waals surface area contributed by atoms with Gasteiger partial charge < -0.3 is 15.2 Å². The fraction of sp³-hybridized carbons (Fsp3) is 0.278. The number of methoxy groups -OCH3 is 1. The summed E-state index contributed by atoms with van der Waals surface area (Å²) in [5, 5.41) is 0.605. The number of hydrogen-bond donors (Lipinski definition) is 1. The van der Waals surface area contributed by atoms with Gasteiger partial charge in [-0.2, -0.15) is 0 Å². The predicted molar refractivity (Wildman–Crippen MR) is 88.9 cm³/mol. The fourth-order valence-electron chi connectivity index (χ4n) is 2.96. The lowest BCUT2D eigenvalue weighted by Crippen LogP contribution is -2.51. The third-order valence-electron chi connectivity index (χ3n) is 4.17. The van der Waals surface area contributed by atoms with Crippen molar-refractivity contribution in [3.8, 4) is 5.75 Å². The molecule has 120 valence electrons. The van der Waals surface area contributed by atoms with Crippen LogP contribution in [0.25, 0.3) is 0 Å². The molecule has 3 atom stereocenters. The quantitative estimate of drug-likeness (QED) is 0.859. The largest absolute Gasteiger partial charge is 0.477 e. The second-order valence-electron chi connectivity index (χ2n) is 5.71. The highest BCUT2D eigenvalue weighted by Gasteiger charge is 2.41. The summed E-state index contributed by atoms with van der Waals surface area (Å²) in [5.74, 6) is -0.0607. The van der Waals surface area contributed by atoms with E-state index in [2.05, 4.69) is 0 Å². The van der Waals surface area contributed by atoms with Crippen LogP contribution >= 0.6 is 11.6 Å². The van der Waals surface area contributed by atoms with Gasteiger partial charge in [0, 0.05) is 16.5 Å². The maximum atomic E-state index is 12.0. The van der Waals surface area contributed by atoms with Crippen LogP contribution in [-0.2, 0) is 9.53 Å². The summed E-state index contributed by atoms with van der Waals surface area (Å²) in [6.45, 7) is 2.02. The van der Waals surface area contributed by atoms with Gasteiger partial charge in [-0.3, -0.25) is 0 Å². The highest BCUT2D eigenvalue weighted by molar-refractivity contribution is 6.30. The van der Waals surface area contributed by atoms with Crippen molar-refractivity contribution in [1.29, 1.82) is 0 Å². The van der Waals surface area contributed by atoms with Crippen molar-refractivity contribution >= 4 is 17.6 Å². The van der Waals surface area contributed by atoms with Gasteiger partial charge in [-0.25, -0.2) is 4.79 Å². The Morgan fingerprint density at radius 2 is 1.91 bits per heavy atom. The van der Waals surface area contributed by atoms with Crippen molar-refractivity contribution in [2.24, 2.45) is 5.73 Å². The van der Waals surface area contributed by atoms with Gasteiger partial charge in [0.25, 0.3) is 0 Å². The van der Waals surface area contributed by atoms with E-state index in [1.54, 1.807) is 12.1 Å². The third kappa shape index (κ3) is 2.92. The first-order chi connectivity index (χ1) is 11.0. The van der Waals surface area contributed by atoms with E-state index in [0.717, 1.165) is 16.7 Å². The molecule has 0 aliphatic carbocycles. The monoisotopic (exact) mass is 331 g/mol. The summed E-state index contributed by atoms with van der Waals surface area (Å²) in [4.78, 5) is 12.0. The molecule has 5 heteroatoms. The molecule has 1 aliphatic rings. The SMILES string of the molecule is COC(=O)[C@H]1Oc2ccc(Cl)cc2[C@H](c2ccc(C)cc2)[C@H]1N. The number of aryl methyl sites for hydroxylation is 1. The number of benzene rings is 2. The molecule has 2 aromatic rings. The van der Waals surface area contributed by atoms with Crippen molar-refractivity contribution in [2.75, 3.05) is 7.11 Å². The van der Waals surface area contributed by atoms with Gasteiger partial charge in [-0.1, -0.05) is 41.4 Å². The number of nitrogens with two attached hydrogens (primary N) is 1. The number of esters is 1. The zero-order valence-electron chi connectivity index (χ0n) is 13.0. The van der Waals surface area contributed by atoms with Gasteiger partial charge in [0.1, 0.15) is 5.75 Å². The zero-order valence-corrected chi connectivity index (χ0v) is 13.7. The van der Waals surface area contributed by atoms with Crippen LogP contribution < -0.4 is 10.5 Å². The predicted octanol–water partition coefficient (Wildman–Crippen LogP) is 3.04. The summed E-state index contributed by atoms with van der Waals surface area (Å²) < 4.78 is 10.6. The maximum Gasteiger partial charge on any atom is 0.348 e. The second-order valence-corrected chi connectivity index (χ2v) is 6.15. The summed E-state index contributed by atoms with van der Waals surface area (Å²) >= 11 is 6.14. The average molecular weight is 332 g/mol. The lowest BCUT2D eigenvalue weighted by Gasteiger charge is -2.36. The summed E-state index contributed by atoms with van der Waals surface area (Å²) in [6.07, 6.45) is -0.847. The first-order valence-corrected chi connectivity index (χ1v) is 7.75. The topological polar surface area (TPSA) is 61.5 Å². The Morgan fingerprint density at radius 3 is 2.57 bits per heavy atom. The molecule has 0 aromatic heterocycles. The van der Waals surface area contributed by atoms with E-state index in [1.807, 2.05) is 37.3 Å². The molecule has 0 saturated heterocycles. The molecule has 0 bridgehead atoms. The Bertz CT molecular complexity index is 730. The van der Waals surface area contributed by atoms with Crippen LogP contribution in [0.5, 0.6) is 5.75 Å². The van der Waals surface area contributed by atoms with E-state index in [1.165, 1.54) is 7.11 Å². The Morgan fingerprint density at radius 1 is 1.22 bits per heavy atom. The van der Waals surface area contributed by atoms with Gasteiger partial charge in [0.05, 0.1) is 13.2 Å². The van der Waals surface area contributed by atoms with Crippen molar-refractivity contribution in [3.05, 3.63) is 64.2 Å². The molecule has 0 spiro atoms. The van der Waals surface area contributed by atoms with Crippen LogP contribution in [0.15, 0.2) is 42.5 Å². The molecule has 0 unspecified atom stereocenters. The third-order valence-corrected chi connectivity index (χ3v) is 4.40. The lowest BCUT2D eigenvalue weighted by atomic mass is 9.80. The van der Waals surface area contributed by atoms with Gasteiger partial charge >= 0.3 is 5.97 Å². The van der Waals surface area contributed by atoms with E-state index >= 15 is 0 Å². The Hall–Kier alpha value is -2.04. The molecule has 4 nitrogen and oxygen atoms in total. The first-order valence-electron chi connectivity index (χ1n) is 7.37. The van der Waals surface area contributed by atoms with E-state index < -0.39 is 18.1 Å². The van der Waals surface area contributed by atoms with Gasteiger partial charge in [-0.05, 0) is 30.7 Å². The minimum atomic E-state index is -0.847. The molecule has 2 N–H and O–H groups in total. The summed E-state index contributed by atoms with van der Waals surface area (Å²) in [5.41, 5.74) is 9.42. The molecule has 1 heterocycles. The Labute approximate surface area is 140 Å². The molecule has 1 aliphatic heterocycles. The van der Waals surface area contributed by atoms with Crippen LogP contribution in [0.2, 0.25) is 5.02 Å². The molecule has 0 radical (unpaired) electrons. The summed E-state index contributed by atoms with van der Waals surface area (Å²) in [7, 11) is 1.33. The van der Waals surface area contributed by atoms with Crippen LogP contribution in [0.3, 0.4) is 0 Å². The van der Waals surface area contributed by atoms with Crippen molar-refractivity contribution in [1.82, 2.24) is 0 Å². The number of rotatable bonds is 2. The Kier molecular flexibility index (Phi) is 4.28. The normalized spacial score (nSPS) is 22.9. The highest BCUT2D eigenvalue weighted by Crippen LogP contribution is 2.41. The van der Waals surface area contributed by atoms with Crippen LogP contribution in [0, 0.1) is 6.92 Å². The van der Waals surface area contributed by atoms with Crippen LogP contribution in [-0.4, -0.2) is 25.2 Å². The number of halogens is 1. The van der Waals surface area contributed by atoms with Crippen molar-refractivity contribution in [3.63, 3.8) is 0 Å². The Balaban J connectivity index is 2.12. The first kappa shape index (κ1) is 15.8. The number of carbonyl (C=O) groups excluding carboxylic acids is 1. The van der Waals surface area contributed by atoms with Gasteiger partial charge in [0.15, 0.2) is 0 Å². The van der Waals surface area contributed by atoms with Crippen molar-refractivity contribution in [2.45, 2.75) is 25.0 Å². The second kappa shape index (κ2) is 6.22. The summed E-state index contributed by atoms with van der Waals surface area (Å²) in [6, 6.07) is 12.9. The van der Waals surface area contributed by atoms with E-state index in [9.17, 15) is 4.79 Å². The minimum absolute atomic E-state index is 0.192. The highest BCUT2D eigenvalue weighted by atomic mass is 35.5. The van der Waals surface area contributed by atoms with Gasteiger partial charge in [0.2, 0.25) is 6.10 Å². The molecular formula is C18H18ClNO3. The number of ether oxygens (including phenoxy) is 2. The number of fused-ring (bicyclic) bond motifs is 1. The average Bonchev–Trinajstić information content (AvgIpc) is 2.55. The number of carbonyl (C=O) groups is 1. The van der Waals surface area contributed by atoms with E-state index in [-0.39, 0.29) is 5.92 Å². The lowest BCUT2D eigenvalue weighted by molar-refractivity contribution is -0.150. The zero-order chi connectivity index (χ0) is 16.6. The molecular weight excluding hydrogens is 314 g/mol. The minimum Gasteiger partial charge on any atom is -0.477 e.